The van der Waals surface area contributed by atoms with Crippen LogP contribution in [-0.2, 0) is 13.5 Å². The van der Waals surface area contributed by atoms with Crippen LogP contribution in [0.15, 0.2) is 30.6 Å². The molecular weight excluding hydrogens is 268 g/mol. The first-order chi connectivity index (χ1) is 10.1. The molecule has 0 fully saturated rings. The Morgan fingerprint density at radius 1 is 1.43 bits per heavy atom. The van der Waals surface area contributed by atoms with Crippen LogP contribution in [0.5, 0.6) is 5.75 Å². The van der Waals surface area contributed by atoms with E-state index < -0.39 is 6.10 Å². The molecule has 1 aromatic carbocycles. The number of nitrogens with one attached hydrogen (secondary N) is 1. The Bertz CT molecular complexity index is 556. The lowest BCUT2D eigenvalue weighted by atomic mass is 10.2. The van der Waals surface area contributed by atoms with Gasteiger partial charge in [0.25, 0.3) is 0 Å². The van der Waals surface area contributed by atoms with Crippen molar-refractivity contribution in [2.24, 2.45) is 7.05 Å². The zero-order valence-electron chi connectivity index (χ0n) is 12.5. The first-order valence-electron chi connectivity index (χ1n) is 7.06. The highest BCUT2D eigenvalue weighted by atomic mass is 16.5. The molecule has 1 atom stereocenters. The standard InChI is InChI=1S/C15H22N4O2/c1-12-4-3-5-14(8-12)21-10-13(20)9-16-7-6-15-18-17-11-19(15)2/h3-5,8,11,13,16,20H,6-7,9-10H2,1-2H3. The number of ether oxygens (including phenoxy) is 1. The number of nitrogens with zero attached hydrogens (tertiary/aromatic N) is 3. The Kier molecular flexibility index (Phi) is 5.71. The van der Waals surface area contributed by atoms with Crippen LogP contribution >= 0.6 is 0 Å². The van der Waals surface area contributed by atoms with E-state index in [-0.39, 0.29) is 6.61 Å². The third-order valence-corrected chi connectivity index (χ3v) is 3.14. The van der Waals surface area contributed by atoms with E-state index >= 15 is 0 Å². The van der Waals surface area contributed by atoms with Crippen LogP contribution in [0.4, 0.5) is 0 Å². The van der Waals surface area contributed by atoms with Gasteiger partial charge in [-0.15, -0.1) is 10.2 Å². The van der Waals surface area contributed by atoms with Crippen molar-refractivity contribution in [3.63, 3.8) is 0 Å². The summed E-state index contributed by atoms with van der Waals surface area (Å²) in [6.07, 6.45) is 1.92. The first-order valence-corrected chi connectivity index (χ1v) is 7.06. The lowest BCUT2D eigenvalue weighted by Gasteiger charge is -2.13. The molecule has 0 aliphatic carbocycles. The van der Waals surface area contributed by atoms with Crippen molar-refractivity contribution in [2.45, 2.75) is 19.4 Å². The molecule has 6 nitrogen and oxygen atoms in total. The molecule has 114 valence electrons. The number of aliphatic hydroxyl groups excluding tert-OH is 1. The van der Waals surface area contributed by atoms with Gasteiger partial charge in [-0.2, -0.15) is 0 Å². The van der Waals surface area contributed by atoms with Crippen molar-refractivity contribution in [1.29, 1.82) is 0 Å². The van der Waals surface area contributed by atoms with Gasteiger partial charge in [-0.3, -0.25) is 0 Å². The number of benzene rings is 1. The minimum absolute atomic E-state index is 0.278. The Balaban J connectivity index is 1.61. The van der Waals surface area contributed by atoms with Crippen molar-refractivity contribution in [3.8, 4) is 5.75 Å². The number of rotatable bonds is 8. The fourth-order valence-corrected chi connectivity index (χ4v) is 1.96. The topological polar surface area (TPSA) is 72.2 Å². The molecule has 0 radical (unpaired) electrons. The third kappa shape index (κ3) is 5.17. The second kappa shape index (κ2) is 7.75. The van der Waals surface area contributed by atoms with E-state index in [0.29, 0.717) is 6.54 Å². The van der Waals surface area contributed by atoms with Gasteiger partial charge in [-0.05, 0) is 24.6 Å². The van der Waals surface area contributed by atoms with Gasteiger partial charge in [0, 0.05) is 26.6 Å². The molecular formula is C15H22N4O2. The molecule has 1 heterocycles. The maximum absolute atomic E-state index is 9.87. The summed E-state index contributed by atoms with van der Waals surface area (Å²) in [6.45, 7) is 3.52. The van der Waals surface area contributed by atoms with Crippen LogP contribution in [-0.4, -0.2) is 45.7 Å². The fraction of sp³-hybridized carbons (Fsp3) is 0.467. The van der Waals surface area contributed by atoms with Crippen molar-refractivity contribution >= 4 is 0 Å². The summed E-state index contributed by atoms with van der Waals surface area (Å²) in [7, 11) is 1.92. The first kappa shape index (κ1) is 15.5. The monoisotopic (exact) mass is 290 g/mol. The SMILES string of the molecule is Cc1cccc(OCC(O)CNCCc2nncn2C)c1. The van der Waals surface area contributed by atoms with Gasteiger partial charge < -0.3 is 19.7 Å². The average Bonchev–Trinajstić information content (AvgIpc) is 2.87. The molecule has 0 saturated heterocycles. The van der Waals surface area contributed by atoms with E-state index in [1.54, 1.807) is 6.33 Å². The molecule has 0 amide bonds. The predicted octanol–water partition coefficient (Wildman–Crippen LogP) is 0.696. The van der Waals surface area contributed by atoms with Gasteiger partial charge in [0.2, 0.25) is 0 Å². The summed E-state index contributed by atoms with van der Waals surface area (Å²) in [5.41, 5.74) is 1.14. The van der Waals surface area contributed by atoms with Crippen LogP contribution in [0.2, 0.25) is 0 Å². The van der Waals surface area contributed by atoms with Gasteiger partial charge in [0.15, 0.2) is 0 Å². The van der Waals surface area contributed by atoms with Crippen LogP contribution in [0.25, 0.3) is 0 Å². The molecule has 2 N–H and O–H groups in total. The fourth-order valence-electron chi connectivity index (χ4n) is 1.96. The summed E-state index contributed by atoms with van der Waals surface area (Å²) < 4.78 is 7.44. The molecule has 2 rings (SSSR count). The van der Waals surface area contributed by atoms with Crippen LogP contribution in [0.3, 0.4) is 0 Å². The smallest absolute Gasteiger partial charge is 0.133 e. The minimum Gasteiger partial charge on any atom is -0.491 e. The molecule has 2 aromatic rings. The van der Waals surface area contributed by atoms with Gasteiger partial charge >= 0.3 is 0 Å². The predicted molar refractivity (Wildman–Crippen MR) is 80.3 cm³/mol. The molecule has 21 heavy (non-hydrogen) atoms. The van der Waals surface area contributed by atoms with E-state index in [1.807, 2.05) is 42.8 Å². The summed E-state index contributed by atoms with van der Waals surface area (Å²) in [5.74, 6) is 1.71. The van der Waals surface area contributed by atoms with Crippen molar-refractivity contribution in [2.75, 3.05) is 19.7 Å². The summed E-state index contributed by atoms with van der Waals surface area (Å²) in [4.78, 5) is 0. The molecule has 1 aromatic heterocycles. The van der Waals surface area contributed by atoms with Crippen molar-refractivity contribution < 1.29 is 9.84 Å². The van der Waals surface area contributed by atoms with Crippen molar-refractivity contribution in [3.05, 3.63) is 42.0 Å². The van der Waals surface area contributed by atoms with Gasteiger partial charge in [-0.25, -0.2) is 0 Å². The van der Waals surface area contributed by atoms with Gasteiger partial charge in [0.1, 0.15) is 30.6 Å². The van der Waals surface area contributed by atoms with Crippen molar-refractivity contribution in [1.82, 2.24) is 20.1 Å². The van der Waals surface area contributed by atoms with Crippen LogP contribution in [0.1, 0.15) is 11.4 Å². The lowest BCUT2D eigenvalue weighted by molar-refractivity contribution is 0.106. The largest absolute Gasteiger partial charge is 0.491 e. The molecule has 1 unspecified atom stereocenters. The molecule has 0 saturated carbocycles. The highest BCUT2D eigenvalue weighted by Gasteiger charge is 2.06. The quantitative estimate of drug-likeness (QED) is 0.700. The lowest BCUT2D eigenvalue weighted by Crippen LogP contribution is -2.32. The zero-order chi connectivity index (χ0) is 15.1. The van der Waals surface area contributed by atoms with E-state index in [0.717, 1.165) is 30.1 Å². The average molecular weight is 290 g/mol. The minimum atomic E-state index is -0.537. The number of aryl methyl sites for hydroxylation is 2. The Labute approximate surface area is 124 Å². The number of aromatic nitrogens is 3. The highest BCUT2D eigenvalue weighted by molar-refractivity contribution is 5.27. The molecule has 6 heteroatoms. The zero-order valence-corrected chi connectivity index (χ0v) is 12.5. The second-order valence-electron chi connectivity index (χ2n) is 5.09. The highest BCUT2D eigenvalue weighted by Crippen LogP contribution is 2.12. The van der Waals surface area contributed by atoms with E-state index in [1.165, 1.54) is 0 Å². The van der Waals surface area contributed by atoms with Gasteiger partial charge in [0.05, 0.1) is 0 Å². The molecule has 0 bridgehead atoms. The molecule has 0 aliphatic heterocycles. The molecule has 0 spiro atoms. The second-order valence-corrected chi connectivity index (χ2v) is 5.09. The number of hydrogen-bond donors (Lipinski definition) is 2. The maximum Gasteiger partial charge on any atom is 0.133 e. The van der Waals surface area contributed by atoms with E-state index in [2.05, 4.69) is 15.5 Å². The van der Waals surface area contributed by atoms with E-state index in [4.69, 9.17) is 4.74 Å². The Morgan fingerprint density at radius 3 is 3.00 bits per heavy atom. The summed E-state index contributed by atoms with van der Waals surface area (Å²) >= 11 is 0. The third-order valence-electron chi connectivity index (χ3n) is 3.14. The maximum atomic E-state index is 9.87. The molecule has 0 aliphatic rings. The number of hydrogen-bond acceptors (Lipinski definition) is 5. The Morgan fingerprint density at radius 2 is 2.29 bits per heavy atom. The summed E-state index contributed by atoms with van der Waals surface area (Å²) in [5, 5.41) is 20.9. The van der Waals surface area contributed by atoms with E-state index in [9.17, 15) is 5.11 Å². The van der Waals surface area contributed by atoms with Crippen LogP contribution < -0.4 is 10.1 Å². The summed E-state index contributed by atoms with van der Waals surface area (Å²) in [6, 6.07) is 7.79. The van der Waals surface area contributed by atoms with Gasteiger partial charge in [-0.1, -0.05) is 12.1 Å². The Hall–Kier alpha value is -1.92. The van der Waals surface area contributed by atoms with Crippen LogP contribution in [0, 0.1) is 6.92 Å². The normalized spacial score (nSPS) is 12.3. The number of aliphatic hydroxyl groups is 1.